The number of ether oxygens (including phenoxy) is 1. The lowest BCUT2D eigenvalue weighted by Crippen LogP contribution is -2.62. The predicted octanol–water partition coefficient (Wildman–Crippen LogP) is 5.37. The summed E-state index contributed by atoms with van der Waals surface area (Å²) in [5.74, 6) is -1.22. The smallest absolute Gasteiger partial charge is 0.361 e. The van der Waals surface area contributed by atoms with E-state index in [1.165, 1.54) is 30.3 Å². The van der Waals surface area contributed by atoms with Gasteiger partial charge in [0.25, 0.3) is 0 Å². The summed E-state index contributed by atoms with van der Waals surface area (Å²) in [4.78, 5) is 33.9. The number of halogens is 1. The van der Waals surface area contributed by atoms with Gasteiger partial charge in [0.15, 0.2) is 17.7 Å². The standard InChI is InChI=1S/C31H35FN4O5S/c1-16-8-19-20-6-7-31(28(39)42,41-27(38)23-14-40-15-35-23)30(20,3)11-24(37)26(19)29(2)10-17(12-33)22(9-21(16)29)36-18-4-5-25(32)34-13-18/h4-5,9,12-16,19-20,24,26,33,36-37H,6-8,10-11H2,1-3H3,(H,39,42)/t16-,19-,20?,24-,26?,29-,30-,31-/m0/s1. The van der Waals surface area contributed by atoms with Crippen molar-refractivity contribution in [3.05, 3.63) is 65.5 Å². The van der Waals surface area contributed by atoms with E-state index < -0.39 is 39.6 Å². The maximum Gasteiger partial charge on any atom is 0.361 e. The number of carbonyl (C=O) groups excluding carboxylic acids is 2. The van der Waals surface area contributed by atoms with Crippen LogP contribution < -0.4 is 5.32 Å². The SMILES string of the molecule is C[C@H]1C[C@@H]2C([C@@H](O)C[C@@]3(C)C2CC[C@]3(OC(=O)c2cocn2)C(=O)S)[C@@]2(C)CC(C=N)=C(Nc3ccc(F)nc3)C=C12. The molecule has 0 radical (unpaired) electrons. The van der Waals surface area contributed by atoms with Gasteiger partial charge in [0.2, 0.25) is 11.1 Å². The fourth-order valence-corrected chi connectivity index (χ4v) is 9.48. The highest BCUT2D eigenvalue weighted by Crippen LogP contribution is 2.69. The van der Waals surface area contributed by atoms with Crippen molar-refractivity contribution in [1.82, 2.24) is 9.97 Å². The van der Waals surface area contributed by atoms with Gasteiger partial charge in [-0.05, 0) is 85.0 Å². The van der Waals surface area contributed by atoms with Gasteiger partial charge in [-0.25, -0.2) is 14.8 Å². The number of hydrogen-bond acceptors (Lipinski definition) is 9. The van der Waals surface area contributed by atoms with Crippen LogP contribution in [-0.2, 0) is 9.53 Å². The minimum Gasteiger partial charge on any atom is -0.451 e. The second-order valence-corrected chi connectivity index (χ2v) is 13.2. The summed E-state index contributed by atoms with van der Waals surface area (Å²) < 4.78 is 24.3. The Morgan fingerprint density at radius 2 is 2.10 bits per heavy atom. The molecule has 8 atom stereocenters. The molecule has 0 amide bonds. The normalized spacial score (nSPS) is 37.2. The number of pyridine rings is 1. The van der Waals surface area contributed by atoms with E-state index in [2.05, 4.69) is 47.8 Å². The molecule has 2 aromatic rings. The highest BCUT2D eigenvalue weighted by Gasteiger charge is 2.70. The third-order valence-electron chi connectivity index (χ3n) is 10.8. The highest BCUT2D eigenvalue weighted by atomic mass is 32.1. The number of nitrogens with one attached hydrogen (secondary N) is 2. The zero-order chi connectivity index (χ0) is 30.0. The molecule has 3 fully saturated rings. The van der Waals surface area contributed by atoms with Crippen LogP contribution in [0.15, 0.2) is 58.3 Å². The molecule has 0 aromatic carbocycles. The number of aromatic nitrogens is 2. The molecule has 6 rings (SSSR count). The molecule has 11 heteroatoms. The van der Waals surface area contributed by atoms with Crippen molar-refractivity contribution in [3.63, 3.8) is 0 Å². The van der Waals surface area contributed by atoms with E-state index >= 15 is 0 Å². The van der Waals surface area contributed by atoms with Gasteiger partial charge >= 0.3 is 5.97 Å². The van der Waals surface area contributed by atoms with Gasteiger partial charge in [-0.2, -0.15) is 4.39 Å². The van der Waals surface area contributed by atoms with Crippen molar-refractivity contribution in [1.29, 1.82) is 5.41 Å². The molecule has 42 heavy (non-hydrogen) atoms. The molecular formula is C31H35FN4O5S. The van der Waals surface area contributed by atoms with E-state index in [9.17, 15) is 19.1 Å². The Labute approximate surface area is 248 Å². The Bertz CT molecular complexity index is 1490. The summed E-state index contributed by atoms with van der Waals surface area (Å²) in [6, 6.07) is 2.90. The van der Waals surface area contributed by atoms with Crippen LogP contribution in [0.25, 0.3) is 0 Å². The number of oxazole rings is 1. The van der Waals surface area contributed by atoms with Gasteiger partial charge in [0.1, 0.15) is 6.26 Å². The summed E-state index contributed by atoms with van der Waals surface area (Å²) >= 11 is 4.24. The van der Waals surface area contributed by atoms with Crippen molar-refractivity contribution >= 4 is 35.6 Å². The number of aliphatic hydroxyl groups excluding tert-OH is 1. The molecule has 3 N–H and O–H groups in total. The number of hydrogen-bond donors (Lipinski definition) is 4. The van der Waals surface area contributed by atoms with E-state index in [0.29, 0.717) is 24.9 Å². The zero-order valence-corrected chi connectivity index (χ0v) is 24.7. The number of esters is 1. The zero-order valence-electron chi connectivity index (χ0n) is 23.8. The molecule has 4 aliphatic rings. The third-order valence-corrected chi connectivity index (χ3v) is 11.1. The fourth-order valence-electron chi connectivity index (χ4n) is 9.06. The van der Waals surface area contributed by atoms with E-state index in [-0.39, 0.29) is 35.8 Å². The Balaban J connectivity index is 1.34. The molecule has 2 heterocycles. The minimum atomic E-state index is -1.50. The van der Waals surface area contributed by atoms with Crippen molar-refractivity contribution in [2.75, 3.05) is 5.32 Å². The lowest BCUT2D eigenvalue weighted by molar-refractivity contribution is -0.177. The molecule has 4 aliphatic carbocycles. The molecule has 2 aromatic heterocycles. The van der Waals surface area contributed by atoms with E-state index in [1.807, 2.05) is 6.92 Å². The van der Waals surface area contributed by atoms with Crippen LogP contribution in [0.4, 0.5) is 10.1 Å². The topological polar surface area (TPSA) is 138 Å². The predicted molar refractivity (Wildman–Crippen MR) is 155 cm³/mol. The molecule has 2 unspecified atom stereocenters. The first kappa shape index (κ1) is 28.8. The Kier molecular flexibility index (Phi) is 6.96. The number of fused-ring (bicyclic) bond motifs is 5. The van der Waals surface area contributed by atoms with Crippen molar-refractivity contribution < 1.29 is 28.2 Å². The molecule has 9 nitrogen and oxygen atoms in total. The first-order valence-corrected chi connectivity index (χ1v) is 14.8. The van der Waals surface area contributed by atoms with Gasteiger partial charge in [-0.1, -0.05) is 26.3 Å². The summed E-state index contributed by atoms with van der Waals surface area (Å²) in [5, 5.41) is 23.0. The first-order valence-electron chi connectivity index (χ1n) is 14.3. The summed E-state index contributed by atoms with van der Waals surface area (Å²) in [7, 11) is 0. The maximum absolute atomic E-state index is 13.4. The van der Waals surface area contributed by atoms with E-state index in [0.717, 1.165) is 24.1 Å². The fraction of sp³-hybridized carbons (Fsp3) is 0.516. The quantitative estimate of drug-likeness (QED) is 0.152. The third kappa shape index (κ3) is 4.18. The average molecular weight is 595 g/mol. The Morgan fingerprint density at radius 1 is 1.31 bits per heavy atom. The van der Waals surface area contributed by atoms with Crippen LogP contribution >= 0.6 is 12.6 Å². The van der Waals surface area contributed by atoms with Gasteiger partial charge in [0, 0.05) is 17.3 Å². The molecule has 222 valence electrons. The van der Waals surface area contributed by atoms with Crippen LogP contribution in [0.2, 0.25) is 0 Å². The molecular weight excluding hydrogens is 559 g/mol. The second-order valence-electron chi connectivity index (χ2n) is 12.8. The number of allylic oxidation sites excluding steroid dienone is 3. The van der Waals surface area contributed by atoms with Crippen LogP contribution in [0.3, 0.4) is 0 Å². The molecule has 0 spiro atoms. The van der Waals surface area contributed by atoms with Crippen molar-refractivity contribution in [2.45, 2.75) is 64.6 Å². The molecule has 0 aliphatic heterocycles. The van der Waals surface area contributed by atoms with Gasteiger partial charge in [-0.3, -0.25) is 4.79 Å². The lowest BCUT2D eigenvalue weighted by atomic mass is 9.44. The van der Waals surface area contributed by atoms with Crippen LogP contribution in [0.5, 0.6) is 0 Å². The van der Waals surface area contributed by atoms with Crippen molar-refractivity contribution in [2.24, 2.45) is 34.5 Å². The van der Waals surface area contributed by atoms with Gasteiger partial charge in [0.05, 0.1) is 18.0 Å². The monoisotopic (exact) mass is 594 g/mol. The molecule has 3 saturated carbocycles. The minimum absolute atomic E-state index is 0.00477. The summed E-state index contributed by atoms with van der Waals surface area (Å²) in [5.41, 5.74) is 0.583. The largest absolute Gasteiger partial charge is 0.451 e. The van der Waals surface area contributed by atoms with Crippen LogP contribution in [-0.4, -0.2) is 44.1 Å². The number of rotatable bonds is 6. The average Bonchev–Trinajstić information content (AvgIpc) is 3.57. The van der Waals surface area contributed by atoms with E-state index in [1.54, 1.807) is 6.07 Å². The lowest BCUT2D eigenvalue weighted by Gasteiger charge is -2.62. The van der Waals surface area contributed by atoms with Crippen LogP contribution in [0, 0.1) is 45.9 Å². The van der Waals surface area contributed by atoms with Crippen LogP contribution in [0.1, 0.15) is 63.4 Å². The number of thiol groups is 1. The number of carbonyl (C=O) groups is 2. The van der Waals surface area contributed by atoms with Gasteiger partial charge in [-0.15, -0.1) is 12.6 Å². The molecule has 0 saturated heterocycles. The summed E-state index contributed by atoms with van der Waals surface area (Å²) in [6.07, 6.45) is 8.97. The number of aliphatic hydroxyl groups is 1. The second kappa shape index (κ2) is 10.2. The Morgan fingerprint density at radius 3 is 2.74 bits per heavy atom. The highest BCUT2D eigenvalue weighted by molar-refractivity contribution is 7.96. The Hall–Kier alpha value is -3.31. The number of anilines is 1. The first-order chi connectivity index (χ1) is 19.9. The molecule has 0 bridgehead atoms. The number of nitrogens with zero attached hydrogens (tertiary/aromatic N) is 2. The summed E-state index contributed by atoms with van der Waals surface area (Å²) in [6.45, 7) is 6.31. The maximum atomic E-state index is 13.4. The van der Waals surface area contributed by atoms with E-state index in [4.69, 9.17) is 14.6 Å². The van der Waals surface area contributed by atoms with Gasteiger partial charge < -0.3 is 25.0 Å². The van der Waals surface area contributed by atoms with Crippen molar-refractivity contribution in [3.8, 4) is 0 Å².